The summed E-state index contributed by atoms with van der Waals surface area (Å²) in [7, 11) is 0. The minimum Gasteiger partial charge on any atom is -0.469 e. The molecule has 2 bridgehead atoms. The second-order valence-electron chi connectivity index (χ2n) is 9.42. The molecular formula is C21H30O2. The molecule has 5 rings (SSSR count). The van der Waals surface area contributed by atoms with Crippen LogP contribution >= 0.6 is 0 Å². The number of hydrogen-bond donors (Lipinski definition) is 1. The molecule has 0 amide bonds. The molecule has 4 aliphatic carbocycles. The van der Waals surface area contributed by atoms with Crippen molar-refractivity contribution < 1.29 is 9.52 Å². The number of aliphatic hydroxyl groups is 1. The SMILES string of the molecule is CC[C@@]1(O)C[C@@]23CC[C@@H]4c5ccoc5CC[C@@]4(C)[C@@H]2CC[C@@H]1C3. The van der Waals surface area contributed by atoms with Gasteiger partial charge in [-0.2, -0.15) is 0 Å². The first kappa shape index (κ1) is 14.6. The molecule has 1 aromatic rings. The summed E-state index contributed by atoms with van der Waals surface area (Å²) in [6.07, 6.45) is 12.8. The summed E-state index contributed by atoms with van der Waals surface area (Å²) in [5, 5.41) is 11.2. The molecule has 2 nitrogen and oxygen atoms in total. The fraction of sp³-hybridized carbons (Fsp3) is 0.810. The summed E-state index contributed by atoms with van der Waals surface area (Å²) >= 11 is 0. The first-order valence-corrected chi connectivity index (χ1v) is 9.79. The molecule has 0 radical (unpaired) electrons. The molecule has 1 N–H and O–H groups in total. The van der Waals surface area contributed by atoms with Gasteiger partial charge in [-0.05, 0) is 91.6 Å². The van der Waals surface area contributed by atoms with Gasteiger partial charge in [0.05, 0.1) is 11.9 Å². The maximum atomic E-state index is 11.2. The molecule has 1 spiro atoms. The van der Waals surface area contributed by atoms with E-state index < -0.39 is 0 Å². The molecule has 1 aromatic heterocycles. The van der Waals surface area contributed by atoms with E-state index in [-0.39, 0.29) is 5.60 Å². The second-order valence-corrected chi connectivity index (χ2v) is 9.42. The number of hydrogen-bond acceptors (Lipinski definition) is 2. The number of fused-ring (bicyclic) bond motifs is 5. The normalized spacial score (nSPS) is 51.0. The molecule has 1 heterocycles. The Morgan fingerprint density at radius 1 is 1.26 bits per heavy atom. The van der Waals surface area contributed by atoms with E-state index in [2.05, 4.69) is 19.9 Å². The lowest BCUT2D eigenvalue weighted by Crippen LogP contribution is -2.51. The summed E-state index contributed by atoms with van der Waals surface area (Å²) in [4.78, 5) is 0. The largest absolute Gasteiger partial charge is 0.469 e. The van der Waals surface area contributed by atoms with Gasteiger partial charge in [-0.1, -0.05) is 13.8 Å². The van der Waals surface area contributed by atoms with Crippen molar-refractivity contribution in [3.8, 4) is 0 Å². The van der Waals surface area contributed by atoms with Gasteiger partial charge in [0.1, 0.15) is 5.76 Å². The quantitative estimate of drug-likeness (QED) is 0.786. The topological polar surface area (TPSA) is 33.4 Å². The predicted octanol–water partition coefficient (Wildman–Crippen LogP) is 5.06. The van der Waals surface area contributed by atoms with Gasteiger partial charge in [0.2, 0.25) is 0 Å². The number of aryl methyl sites for hydroxylation is 1. The summed E-state index contributed by atoms with van der Waals surface area (Å²) in [5.74, 6) is 3.31. The monoisotopic (exact) mass is 314 g/mol. The van der Waals surface area contributed by atoms with Crippen molar-refractivity contribution in [1.82, 2.24) is 0 Å². The van der Waals surface area contributed by atoms with E-state index in [1.807, 2.05) is 6.26 Å². The lowest BCUT2D eigenvalue weighted by Gasteiger charge is -2.59. The van der Waals surface area contributed by atoms with Crippen LogP contribution in [0.2, 0.25) is 0 Å². The molecule has 126 valence electrons. The molecule has 0 aromatic carbocycles. The minimum atomic E-state index is -0.368. The highest BCUT2D eigenvalue weighted by Crippen LogP contribution is 2.72. The Labute approximate surface area is 139 Å². The molecule has 2 heteroatoms. The molecular weight excluding hydrogens is 284 g/mol. The molecule has 6 atom stereocenters. The molecule has 0 saturated heterocycles. The van der Waals surface area contributed by atoms with E-state index in [9.17, 15) is 5.11 Å². The van der Waals surface area contributed by atoms with Gasteiger partial charge in [-0.3, -0.25) is 0 Å². The van der Waals surface area contributed by atoms with Crippen LogP contribution in [0.25, 0.3) is 0 Å². The first-order chi connectivity index (χ1) is 11.0. The molecule has 23 heavy (non-hydrogen) atoms. The molecule has 3 fully saturated rings. The van der Waals surface area contributed by atoms with Crippen LogP contribution in [0, 0.1) is 22.7 Å². The van der Waals surface area contributed by atoms with Crippen molar-refractivity contribution >= 4 is 0 Å². The Morgan fingerprint density at radius 3 is 2.96 bits per heavy atom. The maximum absolute atomic E-state index is 11.2. The highest BCUT2D eigenvalue weighted by Gasteiger charge is 2.65. The van der Waals surface area contributed by atoms with Gasteiger partial charge in [0.25, 0.3) is 0 Å². The van der Waals surface area contributed by atoms with Crippen molar-refractivity contribution in [2.24, 2.45) is 22.7 Å². The van der Waals surface area contributed by atoms with Gasteiger partial charge in [0, 0.05) is 6.42 Å². The molecule has 4 aliphatic rings. The maximum Gasteiger partial charge on any atom is 0.107 e. The Morgan fingerprint density at radius 2 is 2.13 bits per heavy atom. The summed E-state index contributed by atoms with van der Waals surface area (Å²) in [6, 6.07) is 2.25. The zero-order valence-corrected chi connectivity index (χ0v) is 14.6. The van der Waals surface area contributed by atoms with Crippen molar-refractivity contribution in [3.63, 3.8) is 0 Å². The third-order valence-electron chi connectivity index (χ3n) is 8.80. The third-order valence-corrected chi connectivity index (χ3v) is 8.80. The smallest absolute Gasteiger partial charge is 0.107 e. The lowest BCUT2D eigenvalue weighted by molar-refractivity contribution is -0.0706. The minimum absolute atomic E-state index is 0.368. The zero-order valence-electron chi connectivity index (χ0n) is 14.6. The Balaban J connectivity index is 1.56. The van der Waals surface area contributed by atoms with Crippen LogP contribution in [0.5, 0.6) is 0 Å². The van der Waals surface area contributed by atoms with Crippen molar-refractivity contribution in [1.29, 1.82) is 0 Å². The van der Waals surface area contributed by atoms with Gasteiger partial charge < -0.3 is 9.52 Å². The highest BCUT2D eigenvalue weighted by atomic mass is 16.3. The average molecular weight is 314 g/mol. The Bertz CT molecular complexity index is 634. The predicted molar refractivity (Wildman–Crippen MR) is 90.2 cm³/mol. The lowest BCUT2D eigenvalue weighted by atomic mass is 9.45. The molecule has 0 unspecified atom stereocenters. The van der Waals surface area contributed by atoms with Crippen LogP contribution in [-0.2, 0) is 6.42 Å². The van der Waals surface area contributed by atoms with E-state index in [0.717, 1.165) is 25.2 Å². The van der Waals surface area contributed by atoms with Gasteiger partial charge in [-0.25, -0.2) is 0 Å². The van der Waals surface area contributed by atoms with E-state index in [0.29, 0.717) is 22.7 Å². The molecule has 3 saturated carbocycles. The van der Waals surface area contributed by atoms with Crippen LogP contribution in [0.15, 0.2) is 16.7 Å². The highest BCUT2D eigenvalue weighted by molar-refractivity contribution is 5.31. The zero-order chi connectivity index (χ0) is 15.9. The van der Waals surface area contributed by atoms with E-state index >= 15 is 0 Å². The summed E-state index contributed by atoms with van der Waals surface area (Å²) in [5.41, 5.74) is 1.99. The molecule has 0 aliphatic heterocycles. The summed E-state index contributed by atoms with van der Waals surface area (Å²) in [6.45, 7) is 4.76. The van der Waals surface area contributed by atoms with E-state index in [1.165, 1.54) is 49.8 Å². The fourth-order valence-corrected chi connectivity index (χ4v) is 7.74. The first-order valence-electron chi connectivity index (χ1n) is 9.79. The number of furan rings is 1. The van der Waals surface area contributed by atoms with Crippen molar-refractivity contribution in [2.45, 2.75) is 83.2 Å². The van der Waals surface area contributed by atoms with Crippen LogP contribution in [0.1, 0.15) is 82.5 Å². The van der Waals surface area contributed by atoms with Crippen LogP contribution in [-0.4, -0.2) is 10.7 Å². The van der Waals surface area contributed by atoms with Crippen molar-refractivity contribution in [2.75, 3.05) is 0 Å². The second kappa shape index (κ2) is 4.45. The standard InChI is InChI=1S/C21H30O2/c1-3-21(22)13-20-10-6-16-15-8-11-23-17(15)7-9-19(16,2)18(20)5-4-14(21)12-20/h8,11,14,16,18,22H,3-7,9-10,12-13H2,1-2H3/t14-,16-,18+,19-,20+,21-/m1/s1. The van der Waals surface area contributed by atoms with E-state index in [4.69, 9.17) is 4.42 Å². The van der Waals surface area contributed by atoms with Crippen molar-refractivity contribution in [3.05, 3.63) is 23.7 Å². The number of rotatable bonds is 1. The van der Waals surface area contributed by atoms with Crippen LogP contribution < -0.4 is 0 Å². The van der Waals surface area contributed by atoms with E-state index in [1.54, 1.807) is 0 Å². The van der Waals surface area contributed by atoms with Crippen LogP contribution in [0.3, 0.4) is 0 Å². The third kappa shape index (κ3) is 1.69. The van der Waals surface area contributed by atoms with Gasteiger partial charge in [-0.15, -0.1) is 0 Å². The Kier molecular flexibility index (Phi) is 2.82. The summed E-state index contributed by atoms with van der Waals surface area (Å²) < 4.78 is 5.76. The van der Waals surface area contributed by atoms with Gasteiger partial charge in [0.15, 0.2) is 0 Å². The fourth-order valence-electron chi connectivity index (χ4n) is 7.74. The Hall–Kier alpha value is -0.760. The van der Waals surface area contributed by atoms with Crippen LogP contribution in [0.4, 0.5) is 0 Å². The van der Waals surface area contributed by atoms with Gasteiger partial charge >= 0.3 is 0 Å². The average Bonchev–Trinajstić information content (AvgIpc) is 3.09.